The number of aliphatic hydroxyl groups is 1. The number of anilines is 3. The highest BCUT2D eigenvalue weighted by molar-refractivity contribution is 7.16. The molecule has 1 unspecified atom stereocenters. The third kappa shape index (κ3) is 6.11. The number of alkyl halides is 1. The summed E-state index contributed by atoms with van der Waals surface area (Å²) in [4.78, 5) is 21.3. The molecule has 1 aromatic carbocycles. The number of benzene rings is 1. The molecule has 0 fully saturated rings. The Kier molecular flexibility index (Phi) is 6.47. The Morgan fingerprint density at radius 2 is 1.94 bits per heavy atom. The van der Waals surface area contributed by atoms with Gasteiger partial charge in [-0.05, 0) is 52.8 Å². The van der Waals surface area contributed by atoms with Crippen molar-refractivity contribution in [3.63, 3.8) is 0 Å². The highest BCUT2D eigenvalue weighted by atomic mass is 32.1. The average Bonchev–Trinajstić information content (AvgIpc) is 3.11. The highest BCUT2D eigenvalue weighted by Crippen LogP contribution is 2.27. The Balaban J connectivity index is 1.83. The largest absolute Gasteiger partial charge is 0.387 e. The fourth-order valence-corrected chi connectivity index (χ4v) is 3.54. The zero-order valence-electron chi connectivity index (χ0n) is 18.3. The zero-order valence-corrected chi connectivity index (χ0v) is 19.1. The van der Waals surface area contributed by atoms with Crippen molar-refractivity contribution in [1.29, 1.82) is 0 Å². The topological polar surface area (TPSA) is 99.2 Å². The molecule has 1 atom stereocenters. The van der Waals surface area contributed by atoms with E-state index < -0.39 is 17.7 Å². The summed E-state index contributed by atoms with van der Waals surface area (Å²) in [6.07, 6.45) is -0.139. The number of nitrogens with one attached hydrogen (secondary N) is 3. The molecule has 2 heterocycles. The van der Waals surface area contributed by atoms with Crippen molar-refractivity contribution >= 4 is 44.7 Å². The van der Waals surface area contributed by atoms with Crippen LogP contribution in [0.5, 0.6) is 0 Å². The Labute approximate surface area is 185 Å². The Morgan fingerprint density at radius 1 is 1.19 bits per heavy atom. The standard InChI is InChI=1S/C22H28FN5O2S/c1-21(2,3)28-16-9-19(27-13-6-7-15-17(8-13)31-12-26-15)24-10-14(16)20(29)25-11-18(23)22(4,5)30/h6-10,12,18,30H,11H2,1-5H3,(H,25,29)(H2,24,27,28). The van der Waals surface area contributed by atoms with E-state index in [-0.39, 0.29) is 12.1 Å². The zero-order chi connectivity index (χ0) is 22.8. The predicted molar refractivity (Wildman–Crippen MR) is 124 cm³/mol. The van der Waals surface area contributed by atoms with Gasteiger partial charge in [0.15, 0.2) is 0 Å². The quantitative estimate of drug-likeness (QED) is 0.428. The number of halogens is 1. The van der Waals surface area contributed by atoms with Crippen LogP contribution in [-0.2, 0) is 0 Å². The normalized spacial score (nSPS) is 13.1. The van der Waals surface area contributed by atoms with Crippen molar-refractivity contribution in [3.05, 3.63) is 41.5 Å². The fraction of sp³-hybridized carbons (Fsp3) is 0.409. The van der Waals surface area contributed by atoms with Crippen molar-refractivity contribution in [3.8, 4) is 0 Å². The van der Waals surface area contributed by atoms with Crippen LogP contribution in [0, 0.1) is 0 Å². The van der Waals surface area contributed by atoms with E-state index >= 15 is 0 Å². The van der Waals surface area contributed by atoms with Gasteiger partial charge in [-0.15, -0.1) is 11.3 Å². The number of nitrogens with zero attached hydrogens (tertiary/aromatic N) is 2. The minimum atomic E-state index is -1.59. The minimum Gasteiger partial charge on any atom is -0.387 e. The van der Waals surface area contributed by atoms with Crippen LogP contribution in [-0.4, -0.2) is 44.8 Å². The molecule has 0 bridgehead atoms. The van der Waals surface area contributed by atoms with Crippen LogP contribution >= 0.6 is 11.3 Å². The summed E-state index contributed by atoms with van der Waals surface area (Å²) in [7, 11) is 0. The fourth-order valence-electron chi connectivity index (χ4n) is 2.82. The summed E-state index contributed by atoms with van der Waals surface area (Å²) < 4.78 is 15.1. The number of carbonyl (C=O) groups is 1. The molecule has 9 heteroatoms. The van der Waals surface area contributed by atoms with E-state index in [0.717, 1.165) is 15.9 Å². The summed E-state index contributed by atoms with van der Waals surface area (Å²) in [6.45, 7) is 8.36. The van der Waals surface area contributed by atoms with Crippen LogP contribution in [0.3, 0.4) is 0 Å². The highest BCUT2D eigenvalue weighted by Gasteiger charge is 2.27. The van der Waals surface area contributed by atoms with Gasteiger partial charge < -0.3 is 21.1 Å². The molecule has 7 nitrogen and oxygen atoms in total. The molecule has 0 spiro atoms. The van der Waals surface area contributed by atoms with Gasteiger partial charge in [0.25, 0.3) is 5.91 Å². The van der Waals surface area contributed by atoms with Crippen LogP contribution in [0.25, 0.3) is 10.2 Å². The Hall–Kier alpha value is -2.78. The summed E-state index contributed by atoms with van der Waals surface area (Å²) in [6, 6.07) is 7.59. The van der Waals surface area contributed by atoms with E-state index in [4.69, 9.17) is 0 Å². The number of hydrogen-bond acceptors (Lipinski definition) is 7. The molecule has 0 radical (unpaired) electrons. The minimum absolute atomic E-state index is 0.293. The molecule has 2 aromatic heterocycles. The number of thiazole rings is 1. The van der Waals surface area contributed by atoms with Crippen molar-refractivity contribution in [2.75, 3.05) is 17.2 Å². The maximum absolute atomic E-state index is 14.0. The molecule has 3 rings (SSSR count). The number of aromatic nitrogens is 2. The number of carbonyl (C=O) groups excluding carboxylic acids is 1. The lowest BCUT2D eigenvalue weighted by Gasteiger charge is -2.25. The first-order valence-electron chi connectivity index (χ1n) is 9.95. The SMILES string of the molecule is CC(C)(C)Nc1cc(Nc2ccc3ncsc3c2)ncc1C(=O)NCC(F)C(C)(C)O. The molecule has 0 aliphatic heterocycles. The average molecular weight is 446 g/mol. The van der Waals surface area contributed by atoms with Gasteiger partial charge in [-0.25, -0.2) is 14.4 Å². The molecule has 0 saturated carbocycles. The van der Waals surface area contributed by atoms with Crippen LogP contribution in [0.1, 0.15) is 45.0 Å². The van der Waals surface area contributed by atoms with Gasteiger partial charge in [0.1, 0.15) is 12.0 Å². The molecular formula is C22H28FN5O2S. The van der Waals surface area contributed by atoms with E-state index in [1.807, 2.05) is 39.0 Å². The Morgan fingerprint density at radius 3 is 2.61 bits per heavy atom. The van der Waals surface area contributed by atoms with Gasteiger partial charge in [0.05, 0.1) is 39.1 Å². The maximum Gasteiger partial charge on any atom is 0.255 e. The van der Waals surface area contributed by atoms with E-state index in [1.165, 1.54) is 20.0 Å². The predicted octanol–water partition coefficient (Wildman–Crippen LogP) is 4.48. The monoisotopic (exact) mass is 445 g/mol. The lowest BCUT2D eigenvalue weighted by atomic mass is 10.0. The third-order valence-corrected chi connectivity index (χ3v) is 5.26. The first kappa shape index (κ1) is 22.9. The smallest absolute Gasteiger partial charge is 0.255 e. The molecule has 1 amide bonds. The molecule has 0 aliphatic rings. The summed E-state index contributed by atoms with van der Waals surface area (Å²) in [5.74, 6) is 0.0933. The molecule has 166 valence electrons. The van der Waals surface area contributed by atoms with Crippen molar-refractivity contribution in [2.45, 2.75) is 51.9 Å². The lowest BCUT2D eigenvalue weighted by Crippen LogP contribution is -2.42. The first-order valence-corrected chi connectivity index (χ1v) is 10.8. The number of rotatable bonds is 7. The molecule has 0 saturated heterocycles. The van der Waals surface area contributed by atoms with E-state index in [0.29, 0.717) is 17.1 Å². The lowest BCUT2D eigenvalue weighted by molar-refractivity contribution is -0.00177. The van der Waals surface area contributed by atoms with Crippen LogP contribution < -0.4 is 16.0 Å². The van der Waals surface area contributed by atoms with Gasteiger partial charge in [0, 0.05) is 23.5 Å². The van der Waals surface area contributed by atoms with Crippen LogP contribution in [0.4, 0.5) is 21.6 Å². The number of amides is 1. The third-order valence-electron chi connectivity index (χ3n) is 4.47. The number of hydrogen-bond donors (Lipinski definition) is 4. The van der Waals surface area contributed by atoms with E-state index in [1.54, 1.807) is 22.9 Å². The molecule has 4 N–H and O–H groups in total. The second-order valence-corrected chi connectivity index (χ2v) is 9.87. The van der Waals surface area contributed by atoms with Gasteiger partial charge >= 0.3 is 0 Å². The number of pyridine rings is 1. The van der Waals surface area contributed by atoms with Crippen LogP contribution in [0.15, 0.2) is 36.0 Å². The van der Waals surface area contributed by atoms with Crippen LogP contribution in [0.2, 0.25) is 0 Å². The van der Waals surface area contributed by atoms with E-state index in [2.05, 4.69) is 25.9 Å². The van der Waals surface area contributed by atoms with Gasteiger partial charge in [-0.3, -0.25) is 4.79 Å². The Bertz CT molecular complexity index is 1070. The summed E-state index contributed by atoms with van der Waals surface area (Å²) >= 11 is 1.55. The molecular weight excluding hydrogens is 417 g/mol. The summed E-state index contributed by atoms with van der Waals surface area (Å²) in [5.41, 5.74) is 2.60. The van der Waals surface area contributed by atoms with Crippen molar-refractivity contribution in [1.82, 2.24) is 15.3 Å². The molecule has 3 aromatic rings. The van der Waals surface area contributed by atoms with Gasteiger partial charge in [0.2, 0.25) is 0 Å². The first-order chi connectivity index (χ1) is 14.4. The van der Waals surface area contributed by atoms with Crippen molar-refractivity contribution < 1.29 is 14.3 Å². The van der Waals surface area contributed by atoms with E-state index in [9.17, 15) is 14.3 Å². The second kappa shape index (κ2) is 8.76. The molecule has 0 aliphatic carbocycles. The second-order valence-electron chi connectivity index (χ2n) is 8.98. The number of fused-ring (bicyclic) bond motifs is 1. The molecule has 31 heavy (non-hydrogen) atoms. The van der Waals surface area contributed by atoms with Gasteiger partial charge in [-0.2, -0.15) is 0 Å². The van der Waals surface area contributed by atoms with Crippen molar-refractivity contribution in [2.24, 2.45) is 0 Å². The van der Waals surface area contributed by atoms with Gasteiger partial charge in [-0.1, -0.05) is 0 Å². The maximum atomic E-state index is 14.0. The summed E-state index contributed by atoms with van der Waals surface area (Å²) in [5, 5.41) is 18.8.